The molecule has 162 valence electrons. The Labute approximate surface area is 188 Å². The summed E-state index contributed by atoms with van der Waals surface area (Å²) in [5, 5.41) is 21.4. The SMILES string of the molecule is CC(C)c1cc(Oc2c(Cl)c(F)nc(NCC(=O)O)c2Cl)cc(-c2ccccc2)c1O. The molecule has 3 N–H and O–H groups in total. The van der Waals surface area contributed by atoms with Gasteiger partial charge in [0.05, 0.1) is 0 Å². The van der Waals surface area contributed by atoms with E-state index in [1.807, 2.05) is 44.2 Å². The first-order valence-corrected chi connectivity index (χ1v) is 10.0. The highest BCUT2D eigenvalue weighted by molar-refractivity contribution is 6.38. The number of hydrogen-bond acceptors (Lipinski definition) is 5. The maximum absolute atomic E-state index is 14.3. The van der Waals surface area contributed by atoms with Crippen molar-refractivity contribution < 1.29 is 24.1 Å². The van der Waals surface area contributed by atoms with E-state index < -0.39 is 23.5 Å². The van der Waals surface area contributed by atoms with Crippen molar-refractivity contribution in [1.29, 1.82) is 0 Å². The van der Waals surface area contributed by atoms with E-state index in [1.165, 1.54) is 0 Å². The number of carboxylic acids is 1. The van der Waals surface area contributed by atoms with Gasteiger partial charge in [-0.15, -0.1) is 0 Å². The van der Waals surface area contributed by atoms with E-state index >= 15 is 0 Å². The minimum absolute atomic E-state index is 0.0427. The largest absolute Gasteiger partial charge is 0.507 e. The second kappa shape index (κ2) is 9.41. The molecule has 9 heteroatoms. The zero-order chi connectivity index (χ0) is 22.7. The minimum Gasteiger partial charge on any atom is -0.507 e. The molecule has 1 heterocycles. The average Bonchev–Trinajstić information content (AvgIpc) is 2.74. The second-order valence-corrected chi connectivity index (χ2v) is 7.74. The molecule has 3 rings (SSSR count). The third-order valence-electron chi connectivity index (χ3n) is 4.44. The van der Waals surface area contributed by atoms with Crippen LogP contribution in [0.3, 0.4) is 0 Å². The van der Waals surface area contributed by atoms with Gasteiger partial charge in [-0.3, -0.25) is 4.79 Å². The summed E-state index contributed by atoms with van der Waals surface area (Å²) in [5.41, 5.74) is 1.89. The van der Waals surface area contributed by atoms with E-state index in [1.54, 1.807) is 12.1 Å². The van der Waals surface area contributed by atoms with Crippen molar-refractivity contribution in [3.63, 3.8) is 0 Å². The fourth-order valence-corrected chi connectivity index (χ4v) is 3.41. The molecule has 1 aromatic heterocycles. The Kier molecular flexibility index (Phi) is 6.87. The molecule has 0 atom stereocenters. The van der Waals surface area contributed by atoms with Crippen molar-refractivity contribution >= 4 is 35.0 Å². The van der Waals surface area contributed by atoms with E-state index in [2.05, 4.69) is 10.3 Å². The first kappa shape index (κ1) is 22.7. The number of aliphatic carboxylic acids is 1. The average molecular weight is 465 g/mol. The van der Waals surface area contributed by atoms with Crippen molar-refractivity contribution in [2.24, 2.45) is 0 Å². The van der Waals surface area contributed by atoms with Gasteiger partial charge in [-0.1, -0.05) is 67.4 Å². The zero-order valence-electron chi connectivity index (χ0n) is 16.6. The lowest BCUT2D eigenvalue weighted by atomic mass is 9.95. The predicted octanol–water partition coefficient (Wildman–Crippen LogP) is 6.31. The van der Waals surface area contributed by atoms with Crippen LogP contribution in [0.25, 0.3) is 11.1 Å². The van der Waals surface area contributed by atoms with Crippen LogP contribution < -0.4 is 10.1 Å². The van der Waals surface area contributed by atoms with Crippen LogP contribution in [0.4, 0.5) is 10.2 Å². The van der Waals surface area contributed by atoms with Crippen LogP contribution in [0.1, 0.15) is 25.3 Å². The Morgan fingerprint density at radius 3 is 2.48 bits per heavy atom. The number of hydrogen-bond donors (Lipinski definition) is 3. The number of halogens is 3. The fraction of sp³-hybridized carbons (Fsp3) is 0.182. The molecule has 0 fully saturated rings. The number of pyridine rings is 1. The van der Waals surface area contributed by atoms with Gasteiger partial charge in [-0.2, -0.15) is 9.37 Å². The Morgan fingerprint density at radius 1 is 1.19 bits per heavy atom. The summed E-state index contributed by atoms with van der Waals surface area (Å²) in [7, 11) is 0. The lowest BCUT2D eigenvalue weighted by molar-refractivity contribution is -0.134. The van der Waals surface area contributed by atoms with Crippen LogP contribution >= 0.6 is 23.2 Å². The summed E-state index contributed by atoms with van der Waals surface area (Å²) >= 11 is 12.3. The molecule has 0 radical (unpaired) electrons. The van der Waals surface area contributed by atoms with Crippen LogP contribution in [0.15, 0.2) is 42.5 Å². The molecular formula is C22H19Cl2FN2O4. The quantitative estimate of drug-likeness (QED) is 0.354. The number of phenolic OH excluding ortho intramolecular Hbond substituents is 1. The number of benzene rings is 2. The zero-order valence-corrected chi connectivity index (χ0v) is 18.1. The first-order valence-electron chi connectivity index (χ1n) is 9.29. The number of phenols is 1. The highest BCUT2D eigenvalue weighted by atomic mass is 35.5. The van der Waals surface area contributed by atoms with Gasteiger partial charge in [0, 0.05) is 11.1 Å². The molecule has 0 amide bonds. The van der Waals surface area contributed by atoms with Crippen LogP contribution in [0.2, 0.25) is 10.0 Å². The van der Waals surface area contributed by atoms with E-state index in [9.17, 15) is 14.3 Å². The topological polar surface area (TPSA) is 91.7 Å². The Morgan fingerprint density at radius 2 is 1.87 bits per heavy atom. The number of rotatable bonds is 7. The van der Waals surface area contributed by atoms with Gasteiger partial charge in [-0.05, 0) is 23.6 Å². The van der Waals surface area contributed by atoms with Gasteiger partial charge in [0.2, 0.25) is 5.95 Å². The third-order valence-corrected chi connectivity index (χ3v) is 5.12. The van der Waals surface area contributed by atoms with Gasteiger partial charge >= 0.3 is 5.97 Å². The molecule has 0 saturated heterocycles. The lowest BCUT2D eigenvalue weighted by Crippen LogP contribution is -2.14. The summed E-state index contributed by atoms with van der Waals surface area (Å²) in [6.45, 7) is 3.29. The Balaban J connectivity index is 2.10. The summed E-state index contributed by atoms with van der Waals surface area (Å²) in [4.78, 5) is 14.4. The monoisotopic (exact) mass is 464 g/mol. The maximum atomic E-state index is 14.3. The number of carbonyl (C=O) groups is 1. The van der Waals surface area contributed by atoms with Gasteiger partial charge in [0.1, 0.15) is 28.1 Å². The van der Waals surface area contributed by atoms with Crippen molar-refractivity contribution in [2.45, 2.75) is 19.8 Å². The van der Waals surface area contributed by atoms with E-state index in [-0.39, 0.29) is 34.0 Å². The van der Waals surface area contributed by atoms with E-state index in [4.69, 9.17) is 33.0 Å². The van der Waals surface area contributed by atoms with Crippen LogP contribution in [0.5, 0.6) is 17.2 Å². The summed E-state index contributed by atoms with van der Waals surface area (Å²) in [6, 6.07) is 12.4. The highest BCUT2D eigenvalue weighted by Crippen LogP contribution is 2.44. The summed E-state index contributed by atoms with van der Waals surface area (Å²) in [6.07, 6.45) is 0. The lowest BCUT2D eigenvalue weighted by Gasteiger charge is -2.18. The van der Waals surface area contributed by atoms with Crippen molar-refractivity contribution in [3.8, 4) is 28.4 Å². The van der Waals surface area contributed by atoms with Gasteiger partial charge in [0.25, 0.3) is 0 Å². The molecule has 0 aliphatic heterocycles. The molecule has 0 saturated carbocycles. The molecule has 0 spiro atoms. The van der Waals surface area contributed by atoms with Gasteiger partial charge in [0.15, 0.2) is 11.6 Å². The Bertz CT molecular complexity index is 1120. The summed E-state index contributed by atoms with van der Waals surface area (Å²) in [5.74, 6) is -2.35. The van der Waals surface area contributed by atoms with Crippen LogP contribution in [-0.2, 0) is 4.79 Å². The standard InChI is InChI=1S/C22H19Cl2FN2O4/c1-11(2)14-8-13(9-15(19(14)30)12-6-4-3-5-7-12)31-20-17(23)21(25)27-22(18(20)24)26-10-16(28)29/h3-9,11,30H,10H2,1-2H3,(H,26,27)(H,28,29). The molecule has 0 unspecified atom stereocenters. The molecule has 0 bridgehead atoms. The highest BCUT2D eigenvalue weighted by Gasteiger charge is 2.22. The Hall–Kier alpha value is -3.03. The van der Waals surface area contributed by atoms with E-state index in [0.717, 1.165) is 5.56 Å². The van der Waals surface area contributed by atoms with Gasteiger partial charge in [-0.25, -0.2) is 0 Å². The number of nitrogens with zero attached hydrogens (tertiary/aromatic N) is 1. The van der Waals surface area contributed by atoms with E-state index in [0.29, 0.717) is 11.1 Å². The molecule has 3 aromatic rings. The van der Waals surface area contributed by atoms with Crippen LogP contribution in [0, 0.1) is 5.95 Å². The second-order valence-electron chi connectivity index (χ2n) is 6.99. The van der Waals surface area contributed by atoms with Gasteiger partial charge < -0.3 is 20.3 Å². The number of aromatic nitrogens is 1. The number of carboxylic acid groups (broad SMARTS) is 1. The molecule has 6 nitrogen and oxygen atoms in total. The first-order chi connectivity index (χ1) is 14.7. The van der Waals surface area contributed by atoms with Crippen molar-refractivity contribution in [2.75, 3.05) is 11.9 Å². The minimum atomic E-state index is -1.18. The summed E-state index contributed by atoms with van der Waals surface area (Å²) < 4.78 is 20.1. The molecule has 31 heavy (non-hydrogen) atoms. The van der Waals surface area contributed by atoms with Crippen LogP contribution in [-0.4, -0.2) is 27.7 Å². The number of anilines is 1. The fourth-order valence-electron chi connectivity index (χ4n) is 2.94. The maximum Gasteiger partial charge on any atom is 0.322 e. The number of nitrogens with one attached hydrogen (secondary N) is 1. The number of ether oxygens (including phenoxy) is 1. The predicted molar refractivity (Wildman–Crippen MR) is 118 cm³/mol. The molecule has 2 aromatic carbocycles. The van der Waals surface area contributed by atoms with Crippen molar-refractivity contribution in [1.82, 2.24) is 4.98 Å². The molecule has 0 aliphatic rings. The molecular weight excluding hydrogens is 446 g/mol. The third kappa shape index (κ3) is 5.00. The molecule has 0 aliphatic carbocycles. The van der Waals surface area contributed by atoms with Crippen molar-refractivity contribution in [3.05, 3.63) is 64.0 Å². The normalized spacial score (nSPS) is 10.9. The smallest absolute Gasteiger partial charge is 0.322 e. The number of aromatic hydroxyl groups is 1.